The van der Waals surface area contributed by atoms with Gasteiger partial charge in [0.25, 0.3) is 5.91 Å². The number of aryl methyl sites for hydroxylation is 1. The van der Waals surface area contributed by atoms with E-state index >= 15 is 0 Å². The Morgan fingerprint density at radius 3 is 2.68 bits per heavy atom. The number of benzene rings is 1. The zero-order valence-electron chi connectivity index (χ0n) is 12.7. The predicted octanol–water partition coefficient (Wildman–Crippen LogP) is 2.94. The molecule has 0 saturated carbocycles. The molecule has 2 rings (SSSR count). The minimum atomic E-state index is -0.347. The highest BCUT2D eigenvalue weighted by Gasteiger charge is 2.23. The van der Waals surface area contributed by atoms with Crippen LogP contribution in [0.3, 0.4) is 0 Å². The number of carbonyl (C=O) groups is 1. The standard InChI is InChI=1S/C16H18ClN3O2/c1-10(15(22-3)12-6-4-5-7-13(12)17)19-16(21)14-8-9-18-11(2)20-14/h4-10,15H,1-3H3,(H,19,21)/t10-,15+/m0/s1. The molecule has 2 atom stereocenters. The summed E-state index contributed by atoms with van der Waals surface area (Å²) in [6, 6.07) is 8.72. The molecule has 0 unspecified atom stereocenters. The third-order valence-corrected chi connectivity index (χ3v) is 3.63. The average Bonchev–Trinajstić information content (AvgIpc) is 2.50. The summed E-state index contributed by atoms with van der Waals surface area (Å²) in [5.74, 6) is 0.279. The first-order chi connectivity index (χ1) is 10.5. The summed E-state index contributed by atoms with van der Waals surface area (Å²) in [5.41, 5.74) is 1.16. The van der Waals surface area contributed by atoms with E-state index in [1.807, 2.05) is 25.1 Å². The third kappa shape index (κ3) is 3.81. The number of amides is 1. The van der Waals surface area contributed by atoms with Gasteiger partial charge in [0.1, 0.15) is 17.6 Å². The fourth-order valence-electron chi connectivity index (χ4n) is 2.25. The topological polar surface area (TPSA) is 64.1 Å². The summed E-state index contributed by atoms with van der Waals surface area (Å²) in [5, 5.41) is 3.49. The average molecular weight is 320 g/mol. The van der Waals surface area contributed by atoms with Crippen LogP contribution in [0.2, 0.25) is 5.02 Å². The van der Waals surface area contributed by atoms with Crippen molar-refractivity contribution in [2.24, 2.45) is 0 Å². The van der Waals surface area contributed by atoms with Crippen LogP contribution in [0, 0.1) is 6.92 Å². The predicted molar refractivity (Wildman–Crippen MR) is 84.9 cm³/mol. The van der Waals surface area contributed by atoms with Crippen molar-refractivity contribution < 1.29 is 9.53 Å². The number of hydrogen-bond donors (Lipinski definition) is 1. The summed E-state index contributed by atoms with van der Waals surface area (Å²) in [4.78, 5) is 20.3. The van der Waals surface area contributed by atoms with E-state index in [1.54, 1.807) is 32.4 Å². The number of nitrogens with one attached hydrogen (secondary N) is 1. The zero-order chi connectivity index (χ0) is 16.1. The fourth-order valence-corrected chi connectivity index (χ4v) is 2.49. The first-order valence-electron chi connectivity index (χ1n) is 6.90. The molecule has 0 aliphatic carbocycles. The minimum Gasteiger partial charge on any atom is -0.375 e. The van der Waals surface area contributed by atoms with Gasteiger partial charge >= 0.3 is 0 Å². The summed E-state index contributed by atoms with van der Waals surface area (Å²) < 4.78 is 5.51. The van der Waals surface area contributed by atoms with Crippen LogP contribution in [0.25, 0.3) is 0 Å². The highest BCUT2D eigenvalue weighted by molar-refractivity contribution is 6.31. The highest BCUT2D eigenvalue weighted by atomic mass is 35.5. The number of ether oxygens (including phenoxy) is 1. The minimum absolute atomic E-state index is 0.271. The van der Waals surface area contributed by atoms with Gasteiger partial charge in [-0.15, -0.1) is 0 Å². The number of rotatable bonds is 5. The van der Waals surface area contributed by atoms with Gasteiger partial charge in [-0.3, -0.25) is 4.79 Å². The van der Waals surface area contributed by atoms with E-state index in [0.29, 0.717) is 16.5 Å². The van der Waals surface area contributed by atoms with Crippen LogP contribution < -0.4 is 5.32 Å². The molecule has 1 aromatic carbocycles. The first kappa shape index (κ1) is 16.4. The molecule has 5 nitrogen and oxygen atoms in total. The largest absolute Gasteiger partial charge is 0.375 e. The van der Waals surface area contributed by atoms with Crippen molar-refractivity contribution in [2.45, 2.75) is 26.0 Å². The molecule has 0 fully saturated rings. The number of methoxy groups -OCH3 is 1. The van der Waals surface area contributed by atoms with Crippen molar-refractivity contribution in [3.05, 3.63) is 58.6 Å². The summed E-state index contributed by atoms with van der Waals surface area (Å²) in [7, 11) is 1.59. The van der Waals surface area contributed by atoms with Gasteiger partial charge < -0.3 is 10.1 Å². The van der Waals surface area contributed by atoms with Crippen LogP contribution in [0.15, 0.2) is 36.5 Å². The molecular weight excluding hydrogens is 302 g/mol. The first-order valence-corrected chi connectivity index (χ1v) is 7.28. The van der Waals surface area contributed by atoms with Gasteiger partial charge in [-0.1, -0.05) is 29.8 Å². The van der Waals surface area contributed by atoms with E-state index < -0.39 is 0 Å². The SMILES string of the molecule is CO[C@@H](c1ccccc1Cl)[C@H](C)NC(=O)c1ccnc(C)n1. The van der Waals surface area contributed by atoms with Crippen molar-refractivity contribution in [1.29, 1.82) is 0 Å². The Bertz CT molecular complexity index is 663. The van der Waals surface area contributed by atoms with E-state index in [9.17, 15) is 4.79 Å². The number of halogens is 1. The zero-order valence-corrected chi connectivity index (χ0v) is 13.5. The van der Waals surface area contributed by atoms with Gasteiger partial charge in [-0.2, -0.15) is 0 Å². The van der Waals surface area contributed by atoms with Crippen molar-refractivity contribution in [1.82, 2.24) is 15.3 Å². The molecule has 6 heteroatoms. The fraction of sp³-hybridized carbons (Fsp3) is 0.312. The molecule has 0 aliphatic heterocycles. The normalized spacial score (nSPS) is 13.5. The van der Waals surface area contributed by atoms with Crippen LogP contribution in [0.4, 0.5) is 0 Å². The molecule has 1 amide bonds. The van der Waals surface area contributed by atoms with Crippen molar-refractivity contribution in [3.63, 3.8) is 0 Å². The monoisotopic (exact) mass is 319 g/mol. The van der Waals surface area contributed by atoms with Crippen molar-refractivity contribution in [2.75, 3.05) is 7.11 Å². The van der Waals surface area contributed by atoms with E-state index in [0.717, 1.165) is 5.56 Å². The van der Waals surface area contributed by atoms with E-state index in [2.05, 4.69) is 15.3 Å². The number of carbonyl (C=O) groups excluding carboxylic acids is 1. The Morgan fingerprint density at radius 2 is 2.05 bits per heavy atom. The van der Waals surface area contributed by atoms with Gasteiger partial charge in [-0.05, 0) is 26.0 Å². The molecule has 22 heavy (non-hydrogen) atoms. The summed E-state index contributed by atoms with van der Waals surface area (Å²) in [6.07, 6.45) is 1.21. The third-order valence-electron chi connectivity index (χ3n) is 3.29. The number of nitrogens with zero attached hydrogens (tertiary/aromatic N) is 2. The second-order valence-electron chi connectivity index (χ2n) is 4.93. The molecule has 0 bridgehead atoms. The lowest BCUT2D eigenvalue weighted by Gasteiger charge is -2.24. The van der Waals surface area contributed by atoms with Crippen LogP contribution in [-0.2, 0) is 4.74 Å². The molecule has 2 aromatic rings. The highest BCUT2D eigenvalue weighted by Crippen LogP contribution is 2.27. The molecule has 1 heterocycles. The van der Waals surface area contributed by atoms with Crippen LogP contribution in [0.5, 0.6) is 0 Å². The smallest absolute Gasteiger partial charge is 0.270 e. The van der Waals surface area contributed by atoms with Gasteiger partial charge in [0, 0.05) is 23.9 Å². The molecule has 1 N–H and O–H groups in total. The molecule has 1 aromatic heterocycles. The Morgan fingerprint density at radius 1 is 1.32 bits per heavy atom. The Kier molecular flexibility index (Phi) is 5.46. The summed E-state index contributed by atoms with van der Waals surface area (Å²) in [6.45, 7) is 3.60. The maximum absolute atomic E-state index is 12.3. The molecule has 0 aliphatic rings. The maximum Gasteiger partial charge on any atom is 0.270 e. The van der Waals surface area contributed by atoms with Gasteiger partial charge in [0.15, 0.2) is 0 Å². The van der Waals surface area contributed by atoms with Crippen LogP contribution in [-0.4, -0.2) is 29.0 Å². The summed E-state index contributed by atoms with van der Waals surface area (Å²) >= 11 is 6.20. The number of aromatic nitrogens is 2. The second-order valence-corrected chi connectivity index (χ2v) is 5.34. The lowest BCUT2D eigenvalue weighted by atomic mass is 10.0. The lowest BCUT2D eigenvalue weighted by molar-refractivity contribution is 0.0643. The molecule has 0 radical (unpaired) electrons. The Labute approximate surface area is 134 Å². The van der Waals surface area contributed by atoms with Crippen LogP contribution >= 0.6 is 11.6 Å². The quantitative estimate of drug-likeness (QED) is 0.920. The molecular formula is C16H18ClN3O2. The lowest BCUT2D eigenvalue weighted by Crippen LogP contribution is -2.38. The van der Waals surface area contributed by atoms with Gasteiger partial charge in [0.2, 0.25) is 0 Å². The molecule has 0 spiro atoms. The number of hydrogen-bond acceptors (Lipinski definition) is 4. The van der Waals surface area contributed by atoms with E-state index in [-0.39, 0.29) is 18.1 Å². The molecule has 0 saturated heterocycles. The van der Waals surface area contributed by atoms with Crippen molar-refractivity contribution >= 4 is 17.5 Å². The Balaban J connectivity index is 2.14. The maximum atomic E-state index is 12.3. The van der Waals surface area contributed by atoms with Crippen molar-refractivity contribution in [3.8, 4) is 0 Å². The Hall–Kier alpha value is -1.98. The second kappa shape index (κ2) is 7.33. The van der Waals surface area contributed by atoms with E-state index in [4.69, 9.17) is 16.3 Å². The van der Waals surface area contributed by atoms with E-state index in [1.165, 1.54) is 0 Å². The van der Waals surface area contributed by atoms with Gasteiger partial charge in [-0.25, -0.2) is 9.97 Å². The molecule has 116 valence electrons. The van der Waals surface area contributed by atoms with Gasteiger partial charge in [0.05, 0.1) is 6.04 Å². The van der Waals surface area contributed by atoms with Crippen LogP contribution in [0.1, 0.15) is 34.9 Å².